The van der Waals surface area contributed by atoms with Gasteiger partial charge in [0.1, 0.15) is 0 Å². The number of amidine groups is 1. The van der Waals surface area contributed by atoms with Crippen LogP contribution in [0.1, 0.15) is 11.6 Å². The number of hydrogen-bond acceptors (Lipinski definition) is 5. The summed E-state index contributed by atoms with van der Waals surface area (Å²) in [5, 5.41) is 5.90. The van der Waals surface area contributed by atoms with E-state index < -0.39 is 44.6 Å². The Hall–Kier alpha value is -2.78. The van der Waals surface area contributed by atoms with Gasteiger partial charge < -0.3 is 4.90 Å². The van der Waals surface area contributed by atoms with Crippen LogP contribution in [-0.4, -0.2) is 40.6 Å². The third-order valence-electron chi connectivity index (χ3n) is 4.68. The van der Waals surface area contributed by atoms with Crippen LogP contribution in [0.5, 0.6) is 0 Å². The van der Waals surface area contributed by atoms with Gasteiger partial charge in [0.15, 0.2) is 5.17 Å². The van der Waals surface area contributed by atoms with Crippen LogP contribution in [0.4, 0.5) is 32.0 Å². The summed E-state index contributed by atoms with van der Waals surface area (Å²) in [5.74, 6) is -3.26. The molecule has 0 bridgehead atoms. The molecule has 7 nitrogen and oxygen atoms in total. The maximum Gasteiger partial charge on any atom is 0.452 e. The number of nitrogens with zero attached hydrogens (tertiary/aromatic N) is 5. The van der Waals surface area contributed by atoms with E-state index in [4.69, 9.17) is 11.6 Å². The summed E-state index contributed by atoms with van der Waals surface area (Å²) < 4.78 is 109. The van der Waals surface area contributed by atoms with Crippen LogP contribution in [0.2, 0.25) is 5.02 Å². The second-order valence-electron chi connectivity index (χ2n) is 7.00. The topological polar surface area (TPSA) is 80.5 Å². The smallest absolute Gasteiger partial charge is 0.319 e. The SMILES string of the molecule is O=S(=O)(/N=C1\SCCN1c1ccc(Cl)cc1)c1ccc(-n2c(C(F)(F)F)nnc2C(F)(F)F)cc1. The van der Waals surface area contributed by atoms with Gasteiger partial charge >= 0.3 is 12.4 Å². The zero-order valence-electron chi connectivity index (χ0n) is 17.0. The fourth-order valence-corrected chi connectivity index (χ4v) is 5.49. The van der Waals surface area contributed by atoms with Crippen molar-refractivity contribution in [3.8, 4) is 5.69 Å². The lowest BCUT2D eigenvalue weighted by Crippen LogP contribution is -2.24. The summed E-state index contributed by atoms with van der Waals surface area (Å²) >= 11 is 7.05. The predicted molar refractivity (Wildman–Crippen MR) is 117 cm³/mol. The largest absolute Gasteiger partial charge is 0.452 e. The number of aromatic nitrogens is 3. The molecule has 1 aliphatic rings. The van der Waals surface area contributed by atoms with E-state index in [-0.39, 0.29) is 9.73 Å². The van der Waals surface area contributed by atoms with E-state index in [0.29, 0.717) is 23.0 Å². The molecule has 2 heterocycles. The van der Waals surface area contributed by atoms with Crippen LogP contribution in [0, 0.1) is 0 Å². The summed E-state index contributed by atoms with van der Waals surface area (Å²) in [6.45, 7) is 0.466. The molecule has 1 fully saturated rings. The first kappa shape index (κ1) is 25.3. The highest BCUT2D eigenvalue weighted by Gasteiger charge is 2.45. The summed E-state index contributed by atoms with van der Waals surface area (Å²) in [6.07, 6.45) is -10.5. The first-order valence-electron chi connectivity index (χ1n) is 9.48. The van der Waals surface area contributed by atoms with Gasteiger partial charge in [-0.15, -0.1) is 14.6 Å². The molecular weight excluding hydrogens is 544 g/mol. The molecule has 1 aliphatic heterocycles. The third kappa shape index (κ3) is 5.26. The maximum atomic E-state index is 13.2. The van der Waals surface area contributed by atoms with Crippen LogP contribution < -0.4 is 4.90 Å². The molecule has 0 atom stereocenters. The lowest BCUT2D eigenvalue weighted by molar-refractivity contribution is -0.153. The second kappa shape index (κ2) is 9.02. The lowest BCUT2D eigenvalue weighted by atomic mass is 10.3. The van der Waals surface area contributed by atoms with E-state index in [0.717, 1.165) is 24.3 Å². The number of thioether (sulfide) groups is 1. The van der Waals surface area contributed by atoms with Crippen molar-refractivity contribution in [1.29, 1.82) is 0 Å². The predicted octanol–water partition coefficient (Wildman–Crippen LogP) is 5.26. The van der Waals surface area contributed by atoms with Crippen LogP contribution in [-0.2, 0) is 22.4 Å². The fourth-order valence-electron chi connectivity index (χ4n) is 3.16. The van der Waals surface area contributed by atoms with Crippen molar-refractivity contribution in [2.45, 2.75) is 17.2 Å². The van der Waals surface area contributed by atoms with E-state index in [2.05, 4.69) is 14.6 Å². The Labute approximate surface area is 203 Å². The van der Waals surface area contributed by atoms with Crippen molar-refractivity contribution in [2.24, 2.45) is 4.40 Å². The van der Waals surface area contributed by atoms with Crippen LogP contribution in [0.3, 0.4) is 0 Å². The van der Waals surface area contributed by atoms with Gasteiger partial charge in [0.25, 0.3) is 10.0 Å². The normalized spacial score (nSPS) is 16.3. The van der Waals surface area contributed by atoms with E-state index in [1.807, 2.05) is 0 Å². The molecule has 4 rings (SSSR count). The van der Waals surface area contributed by atoms with Crippen LogP contribution >= 0.6 is 23.4 Å². The number of anilines is 1. The zero-order chi connectivity index (χ0) is 25.6. The van der Waals surface area contributed by atoms with Gasteiger partial charge in [-0.25, -0.2) is 0 Å². The Bertz CT molecular complexity index is 1340. The van der Waals surface area contributed by atoms with Gasteiger partial charge in [-0.3, -0.25) is 4.57 Å². The van der Waals surface area contributed by atoms with Gasteiger partial charge in [-0.05, 0) is 48.5 Å². The average Bonchev–Trinajstić information content (AvgIpc) is 3.41. The zero-order valence-corrected chi connectivity index (χ0v) is 19.4. The monoisotopic (exact) mass is 555 g/mol. The second-order valence-corrected chi connectivity index (χ2v) is 10.1. The van der Waals surface area contributed by atoms with E-state index in [1.165, 1.54) is 11.8 Å². The van der Waals surface area contributed by atoms with Gasteiger partial charge in [0.2, 0.25) is 11.6 Å². The maximum absolute atomic E-state index is 13.2. The highest BCUT2D eigenvalue weighted by molar-refractivity contribution is 8.15. The summed E-state index contributed by atoms with van der Waals surface area (Å²) in [4.78, 5) is 1.22. The Morgan fingerprint density at radius 3 is 1.89 bits per heavy atom. The van der Waals surface area contributed by atoms with Crippen molar-refractivity contribution in [3.63, 3.8) is 0 Å². The van der Waals surface area contributed by atoms with Gasteiger partial charge in [0, 0.05) is 28.7 Å². The molecule has 0 aliphatic carbocycles. The number of rotatable bonds is 4. The minimum Gasteiger partial charge on any atom is -0.319 e. The van der Waals surface area contributed by atoms with Crippen LogP contribution in [0.25, 0.3) is 5.69 Å². The number of sulfonamides is 1. The van der Waals surface area contributed by atoms with Gasteiger partial charge in [-0.2, -0.15) is 34.8 Å². The molecule has 0 N–H and O–H groups in total. The standard InChI is InChI=1S/C19H12ClF6N5O2S2/c20-11-1-3-12(4-2-11)30-9-10-34-17(30)29-35(32,33)14-7-5-13(6-8-14)31-15(18(21,22)23)27-28-16(31)19(24,25)26/h1-8H,9-10H2/b29-17-. The van der Waals surface area contributed by atoms with Crippen molar-refractivity contribution in [1.82, 2.24) is 14.8 Å². The molecule has 1 aromatic heterocycles. The Balaban J connectivity index is 1.69. The minimum atomic E-state index is -5.24. The molecule has 186 valence electrons. The quantitative estimate of drug-likeness (QED) is 0.409. The average molecular weight is 556 g/mol. The van der Waals surface area contributed by atoms with Crippen LogP contribution in [0.15, 0.2) is 57.8 Å². The first-order valence-corrected chi connectivity index (χ1v) is 12.3. The minimum absolute atomic E-state index is 0.161. The fraction of sp³-hybridized carbons (Fsp3) is 0.211. The van der Waals surface area contributed by atoms with E-state index >= 15 is 0 Å². The van der Waals surface area contributed by atoms with E-state index in [9.17, 15) is 34.8 Å². The Kier molecular flexibility index (Phi) is 6.53. The van der Waals surface area contributed by atoms with Crippen molar-refractivity contribution >= 4 is 44.2 Å². The lowest BCUT2D eigenvalue weighted by Gasteiger charge is -2.18. The van der Waals surface area contributed by atoms with Crippen molar-refractivity contribution in [2.75, 3.05) is 17.2 Å². The molecular formula is C19H12ClF6N5O2S2. The van der Waals surface area contributed by atoms with Crippen molar-refractivity contribution in [3.05, 3.63) is 65.2 Å². The molecule has 0 radical (unpaired) electrons. The number of hydrogen-bond donors (Lipinski definition) is 0. The molecule has 0 unspecified atom stereocenters. The highest BCUT2D eigenvalue weighted by atomic mass is 35.5. The first-order chi connectivity index (χ1) is 16.3. The third-order valence-corrected chi connectivity index (χ3v) is 7.28. The molecule has 1 saturated heterocycles. The summed E-state index contributed by atoms with van der Waals surface area (Å²) in [7, 11) is -4.34. The summed E-state index contributed by atoms with van der Waals surface area (Å²) in [6, 6.07) is 9.92. The number of alkyl halides is 6. The highest BCUT2D eigenvalue weighted by Crippen LogP contribution is 2.36. The molecule has 0 saturated carbocycles. The summed E-state index contributed by atoms with van der Waals surface area (Å²) in [5.41, 5.74) is 0.0231. The Morgan fingerprint density at radius 2 is 1.37 bits per heavy atom. The molecule has 0 amide bonds. The molecule has 3 aromatic rings. The van der Waals surface area contributed by atoms with E-state index in [1.54, 1.807) is 29.2 Å². The van der Waals surface area contributed by atoms with Gasteiger partial charge in [-0.1, -0.05) is 23.4 Å². The number of benzene rings is 2. The van der Waals surface area contributed by atoms with Crippen molar-refractivity contribution < 1.29 is 34.8 Å². The number of halogens is 7. The molecule has 0 spiro atoms. The molecule has 2 aromatic carbocycles. The Morgan fingerprint density at radius 1 is 0.857 bits per heavy atom. The van der Waals surface area contributed by atoms with Gasteiger partial charge in [0.05, 0.1) is 4.90 Å². The molecule has 16 heteroatoms. The molecule has 35 heavy (non-hydrogen) atoms.